The van der Waals surface area contributed by atoms with E-state index in [0.717, 1.165) is 4.90 Å². The third-order valence-corrected chi connectivity index (χ3v) is 5.62. The van der Waals surface area contributed by atoms with Crippen molar-refractivity contribution in [3.63, 3.8) is 0 Å². The molecule has 0 unspecified atom stereocenters. The topological polar surface area (TPSA) is 109 Å². The molecule has 0 aliphatic carbocycles. The lowest BCUT2D eigenvalue weighted by molar-refractivity contribution is -0.121. The van der Waals surface area contributed by atoms with Crippen molar-refractivity contribution >= 4 is 33.4 Å². The van der Waals surface area contributed by atoms with Crippen LogP contribution < -0.4 is 10.0 Å². The van der Waals surface area contributed by atoms with Gasteiger partial charge in [-0.25, -0.2) is 13.1 Å². The molecule has 0 aliphatic heterocycles. The Morgan fingerprint density at radius 1 is 1.25 bits per heavy atom. The molecule has 2 aromatic rings. The highest BCUT2D eigenvalue weighted by molar-refractivity contribution is 7.89. The molecular formula is C18H22ClN3O5S. The maximum absolute atomic E-state index is 12.7. The Morgan fingerprint density at radius 3 is 2.57 bits per heavy atom. The third-order valence-electron chi connectivity index (χ3n) is 3.64. The van der Waals surface area contributed by atoms with Crippen molar-refractivity contribution in [3.05, 3.63) is 52.9 Å². The van der Waals surface area contributed by atoms with Gasteiger partial charge < -0.3 is 14.6 Å². The fourth-order valence-electron chi connectivity index (χ4n) is 2.36. The van der Waals surface area contributed by atoms with Crippen molar-refractivity contribution in [2.45, 2.75) is 31.3 Å². The number of furan rings is 1. The van der Waals surface area contributed by atoms with Crippen LogP contribution in [0.2, 0.25) is 5.02 Å². The Labute approximate surface area is 168 Å². The normalized spacial score (nSPS) is 11.5. The van der Waals surface area contributed by atoms with Gasteiger partial charge in [0.2, 0.25) is 15.9 Å². The molecule has 0 atom stereocenters. The Hall–Kier alpha value is -2.36. The molecule has 10 heteroatoms. The Balaban J connectivity index is 2.09. The molecule has 0 aliphatic rings. The lowest BCUT2D eigenvalue weighted by atomic mass is 10.2. The van der Waals surface area contributed by atoms with Crippen LogP contribution in [0.1, 0.15) is 30.0 Å². The SMILES string of the molecule is CC(C)NS(=O)(=O)c1ccc(Cl)c(C(=O)N(C)CC(=O)NCc2ccco2)c1. The zero-order chi connectivity index (χ0) is 20.9. The second-order valence-electron chi connectivity index (χ2n) is 6.43. The van der Waals surface area contributed by atoms with E-state index >= 15 is 0 Å². The summed E-state index contributed by atoms with van der Waals surface area (Å²) in [6, 6.07) is 6.97. The van der Waals surface area contributed by atoms with Crippen LogP contribution in [0.4, 0.5) is 0 Å². The molecule has 28 heavy (non-hydrogen) atoms. The summed E-state index contributed by atoms with van der Waals surface area (Å²) in [5.74, 6) is -0.380. The molecule has 152 valence electrons. The van der Waals surface area contributed by atoms with Crippen LogP contribution in [0.25, 0.3) is 0 Å². The van der Waals surface area contributed by atoms with Crippen molar-refractivity contribution in [2.75, 3.05) is 13.6 Å². The summed E-state index contributed by atoms with van der Waals surface area (Å²) in [5.41, 5.74) is -0.00497. The van der Waals surface area contributed by atoms with Crippen LogP contribution in [0.5, 0.6) is 0 Å². The van der Waals surface area contributed by atoms with E-state index in [-0.39, 0.29) is 34.6 Å². The van der Waals surface area contributed by atoms with Crippen LogP contribution in [0, 0.1) is 0 Å². The summed E-state index contributed by atoms with van der Waals surface area (Å²) in [7, 11) is -2.35. The van der Waals surface area contributed by atoms with Gasteiger partial charge >= 0.3 is 0 Å². The van der Waals surface area contributed by atoms with Gasteiger partial charge in [0.05, 0.1) is 34.8 Å². The predicted molar refractivity (Wildman–Crippen MR) is 104 cm³/mol. The first kappa shape index (κ1) is 21.9. The first-order valence-electron chi connectivity index (χ1n) is 8.46. The number of likely N-dealkylation sites (N-methyl/N-ethyl adjacent to an activating group) is 1. The maximum Gasteiger partial charge on any atom is 0.255 e. The van der Waals surface area contributed by atoms with Crippen molar-refractivity contribution in [2.24, 2.45) is 0 Å². The van der Waals surface area contributed by atoms with Crippen molar-refractivity contribution in [1.29, 1.82) is 0 Å². The first-order chi connectivity index (χ1) is 13.1. The lowest BCUT2D eigenvalue weighted by Crippen LogP contribution is -2.38. The minimum absolute atomic E-state index is 0.00497. The Bertz CT molecular complexity index is 942. The van der Waals surface area contributed by atoms with E-state index in [0.29, 0.717) is 5.76 Å². The van der Waals surface area contributed by atoms with E-state index in [1.165, 1.54) is 31.5 Å². The summed E-state index contributed by atoms with van der Waals surface area (Å²) in [5, 5.41) is 2.72. The quantitative estimate of drug-likeness (QED) is 0.669. The van der Waals surface area contributed by atoms with Crippen LogP contribution in [-0.4, -0.2) is 44.8 Å². The Morgan fingerprint density at radius 2 is 1.96 bits per heavy atom. The Kier molecular flexibility index (Phi) is 7.22. The van der Waals surface area contributed by atoms with Crippen molar-refractivity contribution in [3.8, 4) is 0 Å². The monoisotopic (exact) mass is 427 g/mol. The number of hydrogen-bond acceptors (Lipinski definition) is 5. The van der Waals surface area contributed by atoms with E-state index in [1.54, 1.807) is 26.0 Å². The molecule has 1 aromatic heterocycles. The van der Waals surface area contributed by atoms with Gasteiger partial charge in [-0.3, -0.25) is 9.59 Å². The van der Waals surface area contributed by atoms with Crippen LogP contribution in [-0.2, 0) is 21.4 Å². The number of rotatable bonds is 8. The van der Waals surface area contributed by atoms with Gasteiger partial charge in [-0.2, -0.15) is 0 Å². The van der Waals surface area contributed by atoms with Gasteiger partial charge in [0.15, 0.2) is 0 Å². The van der Waals surface area contributed by atoms with E-state index in [9.17, 15) is 18.0 Å². The molecule has 0 saturated heterocycles. The van der Waals surface area contributed by atoms with Crippen molar-refractivity contribution in [1.82, 2.24) is 14.9 Å². The zero-order valence-electron chi connectivity index (χ0n) is 15.7. The van der Waals surface area contributed by atoms with E-state index in [4.69, 9.17) is 16.0 Å². The molecule has 1 aromatic carbocycles. The molecule has 0 spiro atoms. The number of benzene rings is 1. The minimum atomic E-state index is -3.78. The number of carbonyl (C=O) groups is 2. The maximum atomic E-state index is 12.7. The third kappa shape index (κ3) is 5.82. The highest BCUT2D eigenvalue weighted by Crippen LogP contribution is 2.22. The standard InChI is InChI=1S/C18H22ClN3O5S/c1-12(2)21-28(25,26)14-6-7-16(19)15(9-14)18(24)22(3)11-17(23)20-10-13-5-4-8-27-13/h4-9,12,21H,10-11H2,1-3H3,(H,20,23). The molecule has 1 heterocycles. The molecule has 2 N–H and O–H groups in total. The van der Waals surface area contributed by atoms with Crippen LogP contribution in [0.3, 0.4) is 0 Å². The van der Waals surface area contributed by atoms with Gasteiger partial charge in [-0.1, -0.05) is 11.6 Å². The second-order valence-corrected chi connectivity index (χ2v) is 8.56. The van der Waals surface area contributed by atoms with Crippen LogP contribution in [0.15, 0.2) is 45.9 Å². The number of nitrogens with zero attached hydrogens (tertiary/aromatic N) is 1. The number of hydrogen-bond donors (Lipinski definition) is 2. The molecule has 0 bridgehead atoms. The van der Waals surface area contributed by atoms with Gasteiger partial charge in [0.1, 0.15) is 5.76 Å². The average molecular weight is 428 g/mol. The smallest absolute Gasteiger partial charge is 0.255 e. The highest BCUT2D eigenvalue weighted by Gasteiger charge is 2.22. The van der Waals surface area contributed by atoms with Crippen molar-refractivity contribution < 1.29 is 22.4 Å². The average Bonchev–Trinajstić information content (AvgIpc) is 3.12. The number of sulfonamides is 1. The molecule has 0 radical (unpaired) electrons. The molecule has 8 nitrogen and oxygen atoms in total. The lowest BCUT2D eigenvalue weighted by Gasteiger charge is -2.18. The van der Waals surface area contributed by atoms with Gasteiger partial charge in [-0.05, 0) is 44.2 Å². The second kappa shape index (κ2) is 9.22. The molecular weight excluding hydrogens is 406 g/mol. The molecule has 0 saturated carbocycles. The van der Waals surface area contributed by atoms with Gasteiger partial charge in [-0.15, -0.1) is 0 Å². The number of halogens is 1. The number of carbonyl (C=O) groups excluding carboxylic acids is 2. The number of nitrogens with one attached hydrogen (secondary N) is 2. The fourth-order valence-corrected chi connectivity index (χ4v) is 3.84. The molecule has 2 rings (SSSR count). The molecule has 0 fully saturated rings. The zero-order valence-corrected chi connectivity index (χ0v) is 17.3. The summed E-state index contributed by atoms with van der Waals surface area (Å²) in [6.45, 7) is 3.35. The summed E-state index contributed by atoms with van der Waals surface area (Å²) < 4.78 is 32.2. The first-order valence-corrected chi connectivity index (χ1v) is 10.3. The number of amides is 2. The largest absolute Gasteiger partial charge is 0.467 e. The van der Waals surface area contributed by atoms with Gasteiger partial charge in [0.25, 0.3) is 5.91 Å². The predicted octanol–water partition coefficient (Wildman–Crippen LogP) is 2.01. The van der Waals surface area contributed by atoms with E-state index in [2.05, 4.69) is 10.0 Å². The van der Waals surface area contributed by atoms with E-state index < -0.39 is 21.8 Å². The van der Waals surface area contributed by atoms with E-state index in [1.807, 2.05) is 0 Å². The summed E-state index contributed by atoms with van der Waals surface area (Å²) >= 11 is 6.08. The summed E-state index contributed by atoms with van der Waals surface area (Å²) in [4.78, 5) is 25.8. The van der Waals surface area contributed by atoms with Crippen LogP contribution >= 0.6 is 11.6 Å². The molecule has 2 amide bonds. The highest BCUT2D eigenvalue weighted by atomic mass is 35.5. The minimum Gasteiger partial charge on any atom is -0.467 e. The van der Waals surface area contributed by atoms with Gasteiger partial charge in [0, 0.05) is 13.1 Å². The fraction of sp³-hybridized carbons (Fsp3) is 0.333. The summed E-state index contributed by atoms with van der Waals surface area (Å²) in [6.07, 6.45) is 1.49.